The summed E-state index contributed by atoms with van der Waals surface area (Å²) in [4.78, 5) is 0.162. The number of rotatable bonds is 5. The van der Waals surface area contributed by atoms with Gasteiger partial charge in [-0.15, -0.1) is 0 Å². The van der Waals surface area contributed by atoms with Gasteiger partial charge in [0.2, 0.25) is 10.0 Å². The molecule has 1 aromatic rings. The molecule has 0 amide bonds. The predicted octanol–water partition coefficient (Wildman–Crippen LogP) is 2.42. The van der Waals surface area contributed by atoms with Crippen LogP contribution < -0.4 is 10.5 Å². The zero-order valence-electron chi connectivity index (χ0n) is 12.8. The fraction of sp³-hybridized carbons (Fsp3) is 0.571. The normalized spacial score (nSPS) is 14.2. The minimum Gasteiger partial charge on any atom is -0.398 e. The highest BCUT2D eigenvalue weighted by molar-refractivity contribution is 9.10. The summed E-state index contributed by atoms with van der Waals surface area (Å²) in [5.41, 5.74) is 6.46. The van der Waals surface area contributed by atoms with E-state index >= 15 is 0 Å². The second kappa shape index (κ2) is 6.64. The van der Waals surface area contributed by atoms with E-state index in [0.29, 0.717) is 22.1 Å². The van der Waals surface area contributed by atoms with Crippen molar-refractivity contribution in [3.8, 4) is 0 Å². The van der Waals surface area contributed by atoms with Crippen LogP contribution in [0.4, 0.5) is 5.69 Å². The average molecular weight is 379 g/mol. The van der Waals surface area contributed by atoms with Crippen molar-refractivity contribution in [2.45, 2.75) is 45.1 Å². The summed E-state index contributed by atoms with van der Waals surface area (Å²) in [5, 5.41) is 9.14. The highest BCUT2D eigenvalue weighted by Gasteiger charge is 2.30. The number of nitrogens with one attached hydrogen (secondary N) is 1. The molecule has 120 valence electrons. The lowest BCUT2D eigenvalue weighted by atomic mass is 9.86. The van der Waals surface area contributed by atoms with Gasteiger partial charge in [0, 0.05) is 22.8 Å². The molecule has 0 aliphatic heterocycles. The van der Waals surface area contributed by atoms with Crippen LogP contribution in [0.5, 0.6) is 0 Å². The molecule has 1 aromatic carbocycles. The van der Waals surface area contributed by atoms with E-state index in [1.807, 2.05) is 20.8 Å². The van der Waals surface area contributed by atoms with Gasteiger partial charge in [-0.1, -0.05) is 20.8 Å². The van der Waals surface area contributed by atoms with Crippen molar-refractivity contribution in [1.29, 1.82) is 0 Å². The van der Waals surface area contributed by atoms with Gasteiger partial charge in [-0.2, -0.15) is 0 Å². The quantitative estimate of drug-likeness (QED) is 0.685. The van der Waals surface area contributed by atoms with Crippen LogP contribution in [0, 0.1) is 12.3 Å². The van der Waals surface area contributed by atoms with Gasteiger partial charge in [0.15, 0.2) is 0 Å². The summed E-state index contributed by atoms with van der Waals surface area (Å²) >= 11 is 3.28. The molecule has 0 spiro atoms. The van der Waals surface area contributed by atoms with E-state index < -0.39 is 10.0 Å². The van der Waals surface area contributed by atoms with Crippen molar-refractivity contribution in [3.63, 3.8) is 0 Å². The Bertz CT molecular complexity index is 609. The molecule has 1 unspecified atom stereocenters. The van der Waals surface area contributed by atoms with Crippen molar-refractivity contribution in [2.24, 2.45) is 5.41 Å². The van der Waals surface area contributed by atoms with Crippen molar-refractivity contribution in [1.82, 2.24) is 4.72 Å². The number of sulfonamides is 1. The topological polar surface area (TPSA) is 92.4 Å². The molecule has 0 aromatic heterocycles. The van der Waals surface area contributed by atoms with E-state index in [9.17, 15) is 8.42 Å². The Kier molecular flexibility index (Phi) is 5.83. The molecular weight excluding hydrogens is 356 g/mol. The number of hydrogen-bond acceptors (Lipinski definition) is 4. The fourth-order valence-corrected chi connectivity index (χ4v) is 4.20. The molecule has 4 N–H and O–H groups in total. The second-order valence-corrected chi connectivity index (χ2v) is 8.73. The first-order valence-corrected chi connectivity index (χ1v) is 8.95. The Morgan fingerprint density at radius 3 is 2.43 bits per heavy atom. The molecule has 1 rings (SSSR count). The highest BCUT2D eigenvalue weighted by Crippen LogP contribution is 2.28. The summed E-state index contributed by atoms with van der Waals surface area (Å²) in [6.45, 7) is 7.43. The standard InChI is InChI=1S/C14H23BrN2O3S/c1-9-7-10(15)11(16)8-12(9)21(19,20)17-13(5-6-18)14(2,3)4/h7-8,13,17-18H,5-6,16H2,1-4H3. The van der Waals surface area contributed by atoms with E-state index in [0.717, 1.165) is 0 Å². The minimum atomic E-state index is -3.70. The van der Waals surface area contributed by atoms with Crippen LogP contribution in [0.25, 0.3) is 0 Å². The molecule has 0 saturated heterocycles. The third kappa shape index (κ3) is 4.67. The van der Waals surface area contributed by atoms with Crippen LogP contribution in [0.3, 0.4) is 0 Å². The van der Waals surface area contributed by atoms with Gasteiger partial charge in [0.25, 0.3) is 0 Å². The number of nitrogens with two attached hydrogens (primary N) is 1. The maximum absolute atomic E-state index is 12.6. The van der Waals surface area contributed by atoms with Gasteiger partial charge in [0.05, 0.1) is 4.90 Å². The lowest BCUT2D eigenvalue weighted by Gasteiger charge is -2.31. The number of aliphatic hydroxyl groups is 1. The molecule has 5 nitrogen and oxygen atoms in total. The van der Waals surface area contributed by atoms with Gasteiger partial charge in [-0.25, -0.2) is 13.1 Å². The zero-order chi connectivity index (χ0) is 16.4. The van der Waals surface area contributed by atoms with Crippen LogP contribution >= 0.6 is 15.9 Å². The van der Waals surface area contributed by atoms with Crippen LogP contribution in [0.15, 0.2) is 21.5 Å². The van der Waals surface area contributed by atoms with E-state index in [1.54, 1.807) is 13.0 Å². The van der Waals surface area contributed by atoms with Crippen molar-refractivity contribution in [3.05, 3.63) is 22.2 Å². The Hall–Kier alpha value is -0.630. The maximum Gasteiger partial charge on any atom is 0.241 e. The number of halogens is 1. The summed E-state index contributed by atoms with van der Waals surface area (Å²) < 4.78 is 28.5. The lowest BCUT2D eigenvalue weighted by Crippen LogP contribution is -2.44. The van der Waals surface area contributed by atoms with Crippen LogP contribution in [-0.2, 0) is 10.0 Å². The van der Waals surface area contributed by atoms with Gasteiger partial charge < -0.3 is 10.8 Å². The third-order valence-electron chi connectivity index (χ3n) is 3.34. The molecule has 0 radical (unpaired) electrons. The second-order valence-electron chi connectivity index (χ2n) is 6.19. The summed E-state index contributed by atoms with van der Waals surface area (Å²) in [6.07, 6.45) is 0.355. The number of benzene rings is 1. The first kappa shape index (κ1) is 18.4. The Labute approximate surface area is 135 Å². The van der Waals surface area contributed by atoms with Crippen molar-refractivity contribution in [2.75, 3.05) is 12.3 Å². The summed E-state index contributed by atoms with van der Waals surface area (Å²) in [7, 11) is -3.70. The molecule has 0 fully saturated rings. The van der Waals surface area contributed by atoms with Gasteiger partial charge in [-0.3, -0.25) is 0 Å². The van der Waals surface area contributed by atoms with Gasteiger partial charge in [-0.05, 0) is 52.4 Å². The van der Waals surface area contributed by atoms with E-state index in [-0.39, 0.29) is 23.0 Å². The maximum atomic E-state index is 12.6. The molecule has 0 saturated carbocycles. The van der Waals surface area contributed by atoms with Gasteiger partial charge >= 0.3 is 0 Å². The first-order chi connectivity index (χ1) is 9.49. The minimum absolute atomic E-state index is 0.0775. The predicted molar refractivity (Wildman–Crippen MR) is 88.6 cm³/mol. The summed E-state index contributed by atoms with van der Waals surface area (Å²) in [5.74, 6) is 0. The molecule has 0 aliphatic carbocycles. The molecule has 0 bridgehead atoms. The smallest absolute Gasteiger partial charge is 0.241 e. The average Bonchev–Trinajstić information content (AvgIpc) is 2.31. The van der Waals surface area contributed by atoms with Crippen molar-refractivity contribution >= 4 is 31.6 Å². The monoisotopic (exact) mass is 378 g/mol. The summed E-state index contributed by atoms with van der Waals surface area (Å²) in [6, 6.07) is 2.76. The molecule has 0 heterocycles. The highest BCUT2D eigenvalue weighted by atomic mass is 79.9. The molecule has 21 heavy (non-hydrogen) atoms. The largest absolute Gasteiger partial charge is 0.398 e. The first-order valence-electron chi connectivity index (χ1n) is 6.68. The zero-order valence-corrected chi connectivity index (χ0v) is 15.2. The Balaban J connectivity index is 3.20. The number of aryl methyl sites for hydroxylation is 1. The SMILES string of the molecule is Cc1cc(Br)c(N)cc1S(=O)(=O)NC(CCO)C(C)(C)C. The lowest BCUT2D eigenvalue weighted by molar-refractivity contribution is 0.214. The van der Waals surface area contributed by atoms with Crippen molar-refractivity contribution < 1.29 is 13.5 Å². The van der Waals surface area contributed by atoms with Crippen LogP contribution in [0.1, 0.15) is 32.8 Å². The third-order valence-corrected chi connectivity index (χ3v) is 5.64. The van der Waals surface area contributed by atoms with Crippen LogP contribution in [0.2, 0.25) is 0 Å². The molecule has 7 heteroatoms. The van der Waals surface area contributed by atoms with E-state index in [4.69, 9.17) is 10.8 Å². The van der Waals surface area contributed by atoms with Crippen LogP contribution in [-0.4, -0.2) is 26.2 Å². The molecular formula is C14H23BrN2O3S. The number of nitrogen functional groups attached to an aromatic ring is 1. The number of anilines is 1. The Morgan fingerprint density at radius 2 is 1.95 bits per heavy atom. The fourth-order valence-electron chi connectivity index (χ4n) is 2.01. The van der Waals surface area contributed by atoms with E-state index in [1.165, 1.54) is 6.07 Å². The number of hydrogen-bond donors (Lipinski definition) is 3. The molecule has 1 atom stereocenters. The van der Waals surface area contributed by atoms with Gasteiger partial charge in [0.1, 0.15) is 0 Å². The molecule has 0 aliphatic rings. The van der Waals surface area contributed by atoms with E-state index in [2.05, 4.69) is 20.7 Å². The Morgan fingerprint density at radius 1 is 1.38 bits per heavy atom. The number of aliphatic hydroxyl groups excluding tert-OH is 1.